The Hall–Kier alpha value is -1.10. The van der Waals surface area contributed by atoms with Crippen LogP contribution in [0.4, 0.5) is 0 Å². The monoisotopic (exact) mass is 225 g/mol. The lowest BCUT2D eigenvalue weighted by molar-refractivity contribution is 0.0201. The third-order valence-electron chi connectivity index (χ3n) is 2.43. The van der Waals surface area contributed by atoms with Gasteiger partial charge in [-0.1, -0.05) is 6.07 Å². The molecule has 0 radical (unpaired) electrons. The maximum absolute atomic E-state index is 9.92. The van der Waals surface area contributed by atoms with Gasteiger partial charge in [0, 0.05) is 6.54 Å². The number of benzene rings is 1. The summed E-state index contributed by atoms with van der Waals surface area (Å²) in [5, 5.41) is 22.4. The first-order valence-electron chi connectivity index (χ1n) is 5.24. The number of aliphatic hydroxyl groups is 2. The SMILES string of the molecule is CNCC(O)C(O)c1cc(C)cc(OC)c1. The average Bonchev–Trinajstić information content (AvgIpc) is 2.27. The number of nitrogens with one attached hydrogen (secondary N) is 1. The highest BCUT2D eigenvalue weighted by Gasteiger charge is 2.18. The highest BCUT2D eigenvalue weighted by molar-refractivity contribution is 5.35. The van der Waals surface area contributed by atoms with E-state index in [9.17, 15) is 10.2 Å². The smallest absolute Gasteiger partial charge is 0.119 e. The van der Waals surface area contributed by atoms with Crippen molar-refractivity contribution in [1.29, 1.82) is 0 Å². The van der Waals surface area contributed by atoms with Crippen LogP contribution in [-0.2, 0) is 0 Å². The van der Waals surface area contributed by atoms with E-state index >= 15 is 0 Å². The zero-order valence-electron chi connectivity index (χ0n) is 9.90. The van der Waals surface area contributed by atoms with Gasteiger partial charge < -0.3 is 20.3 Å². The predicted molar refractivity (Wildman–Crippen MR) is 62.6 cm³/mol. The van der Waals surface area contributed by atoms with Gasteiger partial charge in [-0.05, 0) is 37.2 Å². The minimum absolute atomic E-state index is 0.345. The van der Waals surface area contributed by atoms with E-state index in [-0.39, 0.29) is 0 Å². The van der Waals surface area contributed by atoms with Crippen LogP contribution in [0.25, 0.3) is 0 Å². The van der Waals surface area contributed by atoms with Crippen LogP contribution in [0.5, 0.6) is 5.75 Å². The maximum atomic E-state index is 9.92. The Kier molecular flexibility index (Phi) is 4.73. The molecule has 16 heavy (non-hydrogen) atoms. The van der Waals surface area contributed by atoms with Crippen molar-refractivity contribution in [2.45, 2.75) is 19.1 Å². The molecule has 0 aliphatic rings. The van der Waals surface area contributed by atoms with E-state index in [0.717, 1.165) is 5.56 Å². The van der Waals surface area contributed by atoms with Crippen molar-refractivity contribution in [1.82, 2.24) is 5.32 Å². The molecule has 2 atom stereocenters. The number of likely N-dealkylation sites (N-methyl/N-ethyl adjacent to an activating group) is 1. The molecular weight excluding hydrogens is 206 g/mol. The summed E-state index contributed by atoms with van der Waals surface area (Å²) in [6.45, 7) is 2.26. The number of hydrogen-bond donors (Lipinski definition) is 3. The van der Waals surface area contributed by atoms with E-state index in [4.69, 9.17) is 4.74 Å². The summed E-state index contributed by atoms with van der Waals surface area (Å²) in [5.74, 6) is 0.686. The minimum Gasteiger partial charge on any atom is -0.497 e. The zero-order chi connectivity index (χ0) is 12.1. The van der Waals surface area contributed by atoms with Gasteiger partial charge in [0.1, 0.15) is 11.9 Å². The van der Waals surface area contributed by atoms with Crippen LogP contribution in [0, 0.1) is 6.92 Å². The number of aliphatic hydroxyl groups excluding tert-OH is 2. The highest BCUT2D eigenvalue weighted by Crippen LogP contribution is 2.23. The third-order valence-corrected chi connectivity index (χ3v) is 2.43. The lowest BCUT2D eigenvalue weighted by atomic mass is 10.0. The summed E-state index contributed by atoms with van der Waals surface area (Å²) in [5.41, 5.74) is 1.66. The Bertz CT molecular complexity index is 341. The summed E-state index contributed by atoms with van der Waals surface area (Å²) >= 11 is 0. The van der Waals surface area contributed by atoms with Gasteiger partial charge >= 0.3 is 0 Å². The van der Waals surface area contributed by atoms with Gasteiger partial charge in [-0.3, -0.25) is 0 Å². The average molecular weight is 225 g/mol. The van der Waals surface area contributed by atoms with E-state index in [2.05, 4.69) is 5.32 Å². The largest absolute Gasteiger partial charge is 0.497 e. The fourth-order valence-electron chi connectivity index (χ4n) is 1.61. The van der Waals surface area contributed by atoms with Crippen LogP contribution >= 0.6 is 0 Å². The first kappa shape index (κ1) is 13.0. The highest BCUT2D eigenvalue weighted by atomic mass is 16.5. The van der Waals surface area contributed by atoms with Crippen molar-refractivity contribution in [3.05, 3.63) is 29.3 Å². The molecule has 0 bridgehead atoms. The van der Waals surface area contributed by atoms with Crippen LogP contribution in [0.15, 0.2) is 18.2 Å². The van der Waals surface area contributed by atoms with Gasteiger partial charge in [0.2, 0.25) is 0 Å². The Morgan fingerprint density at radius 1 is 1.31 bits per heavy atom. The molecule has 3 N–H and O–H groups in total. The van der Waals surface area contributed by atoms with E-state index in [1.807, 2.05) is 19.1 Å². The second kappa shape index (κ2) is 5.84. The van der Waals surface area contributed by atoms with E-state index in [1.165, 1.54) is 0 Å². The van der Waals surface area contributed by atoms with Gasteiger partial charge in [-0.2, -0.15) is 0 Å². The van der Waals surface area contributed by atoms with Gasteiger partial charge in [-0.15, -0.1) is 0 Å². The van der Waals surface area contributed by atoms with Gasteiger partial charge in [0.15, 0.2) is 0 Å². The Balaban J connectivity index is 2.89. The van der Waals surface area contributed by atoms with Crippen molar-refractivity contribution in [2.75, 3.05) is 20.7 Å². The second-order valence-corrected chi connectivity index (χ2v) is 3.85. The number of rotatable bonds is 5. The van der Waals surface area contributed by atoms with Gasteiger partial charge in [0.05, 0.1) is 13.2 Å². The summed E-state index contributed by atoms with van der Waals surface area (Å²) in [4.78, 5) is 0. The van der Waals surface area contributed by atoms with Crippen molar-refractivity contribution in [3.8, 4) is 5.75 Å². The third kappa shape index (κ3) is 3.20. The van der Waals surface area contributed by atoms with Crippen LogP contribution < -0.4 is 10.1 Å². The Labute approximate surface area is 95.9 Å². The van der Waals surface area contributed by atoms with E-state index in [0.29, 0.717) is 17.9 Å². The van der Waals surface area contributed by atoms with Gasteiger partial charge in [0.25, 0.3) is 0 Å². The van der Waals surface area contributed by atoms with Crippen LogP contribution in [-0.4, -0.2) is 37.0 Å². The maximum Gasteiger partial charge on any atom is 0.119 e. The molecule has 90 valence electrons. The van der Waals surface area contributed by atoms with Crippen molar-refractivity contribution in [3.63, 3.8) is 0 Å². The van der Waals surface area contributed by atoms with E-state index in [1.54, 1.807) is 20.2 Å². The minimum atomic E-state index is -0.902. The van der Waals surface area contributed by atoms with Crippen molar-refractivity contribution < 1.29 is 14.9 Å². The molecule has 0 saturated carbocycles. The Morgan fingerprint density at radius 3 is 2.56 bits per heavy atom. The zero-order valence-corrected chi connectivity index (χ0v) is 9.90. The molecule has 1 rings (SSSR count). The molecule has 4 heteroatoms. The molecule has 0 spiro atoms. The summed E-state index contributed by atoms with van der Waals surface area (Å²) in [7, 11) is 3.31. The molecule has 0 saturated heterocycles. The van der Waals surface area contributed by atoms with Crippen molar-refractivity contribution >= 4 is 0 Å². The quantitative estimate of drug-likeness (QED) is 0.687. The molecule has 2 unspecified atom stereocenters. The van der Waals surface area contributed by atoms with Crippen LogP contribution in [0.3, 0.4) is 0 Å². The summed E-state index contributed by atoms with van der Waals surface area (Å²) < 4.78 is 5.12. The first-order valence-corrected chi connectivity index (χ1v) is 5.24. The molecule has 0 aliphatic heterocycles. The number of aryl methyl sites for hydroxylation is 1. The molecule has 0 aromatic heterocycles. The van der Waals surface area contributed by atoms with Gasteiger partial charge in [-0.25, -0.2) is 0 Å². The fourth-order valence-corrected chi connectivity index (χ4v) is 1.61. The number of ether oxygens (including phenoxy) is 1. The first-order chi connectivity index (χ1) is 7.58. The summed E-state index contributed by atoms with van der Waals surface area (Å²) in [6.07, 6.45) is -1.72. The molecule has 0 aliphatic carbocycles. The predicted octanol–water partition coefficient (Wildman–Crippen LogP) is 0.617. The van der Waals surface area contributed by atoms with Crippen LogP contribution in [0.2, 0.25) is 0 Å². The second-order valence-electron chi connectivity index (χ2n) is 3.85. The normalized spacial score (nSPS) is 14.6. The lowest BCUT2D eigenvalue weighted by Gasteiger charge is -2.18. The topological polar surface area (TPSA) is 61.7 Å². The van der Waals surface area contributed by atoms with Crippen LogP contribution in [0.1, 0.15) is 17.2 Å². The molecule has 0 fully saturated rings. The standard InChI is InChI=1S/C12H19NO3/c1-8-4-9(6-10(5-8)16-3)12(15)11(14)7-13-2/h4-6,11-15H,7H2,1-3H3. The van der Waals surface area contributed by atoms with E-state index < -0.39 is 12.2 Å². The fraction of sp³-hybridized carbons (Fsp3) is 0.500. The molecule has 1 aromatic carbocycles. The molecule has 1 aromatic rings. The Morgan fingerprint density at radius 2 is 2.00 bits per heavy atom. The molecule has 4 nitrogen and oxygen atoms in total. The molecule has 0 heterocycles. The molecule has 0 amide bonds. The van der Waals surface area contributed by atoms with Crippen molar-refractivity contribution in [2.24, 2.45) is 0 Å². The lowest BCUT2D eigenvalue weighted by Crippen LogP contribution is -2.29. The number of methoxy groups -OCH3 is 1. The summed E-state index contributed by atoms with van der Waals surface area (Å²) in [6, 6.07) is 5.45. The number of hydrogen-bond acceptors (Lipinski definition) is 4. The molecular formula is C12H19NO3.